The van der Waals surface area contributed by atoms with Crippen molar-refractivity contribution in [2.24, 2.45) is 0 Å². The predicted molar refractivity (Wildman–Crippen MR) is 65.2 cm³/mol. The molecular formula is C8H12IN3O4. The molecule has 0 aliphatic heterocycles. The summed E-state index contributed by atoms with van der Waals surface area (Å²) in [6, 6.07) is -0.474. The molecule has 16 heavy (non-hydrogen) atoms. The molecular weight excluding hydrogens is 329 g/mol. The van der Waals surface area contributed by atoms with Gasteiger partial charge in [0, 0.05) is 6.54 Å². The Bertz CT molecular complexity index is 451. The number of aromatic nitrogens is 2. The molecule has 1 aromatic rings. The Morgan fingerprint density at radius 1 is 1.25 bits per heavy atom. The number of halogens is 1. The lowest BCUT2D eigenvalue weighted by Gasteiger charge is -2.13. The summed E-state index contributed by atoms with van der Waals surface area (Å²) in [6.45, 7) is -0.246. The highest BCUT2D eigenvalue weighted by Crippen LogP contribution is 2.01. The van der Waals surface area contributed by atoms with Crippen LogP contribution in [0.15, 0.2) is 9.59 Å². The number of aromatic amines is 2. The molecule has 0 saturated heterocycles. The molecule has 0 amide bonds. The van der Waals surface area contributed by atoms with E-state index < -0.39 is 17.3 Å². The van der Waals surface area contributed by atoms with Gasteiger partial charge in [0.05, 0.1) is 28.5 Å². The van der Waals surface area contributed by atoms with Crippen molar-refractivity contribution >= 4 is 22.6 Å². The fraction of sp³-hybridized carbons (Fsp3) is 0.500. The highest BCUT2D eigenvalue weighted by atomic mass is 127. The summed E-state index contributed by atoms with van der Waals surface area (Å²) in [7, 11) is 0. The van der Waals surface area contributed by atoms with Gasteiger partial charge >= 0.3 is 5.69 Å². The number of rotatable bonds is 5. The van der Waals surface area contributed by atoms with Crippen LogP contribution in [0, 0.1) is 3.57 Å². The molecule has 0 aromatic carbocycles. The predicted octanol–water partition coefficient (Wildman–Crippen LogP) is -1.89. The van der Waals surface area contributed by atoms with Crippen LogP contribution in [0.2, 0.25) is 0 Å². The first-order valence-electron chi connectivity index (χ1n) is 4.54. The van der Waals surface area contributed by atoms with Crippen molar-refractivity contribution in [1.29, 1.82) is 0 Å². The van der Waals surface area contributed by atoms with Gasteiger partial charge in [0.25, 0.3) is 5.56 Å². The van der Waals surface area contributed by atoms with E-state index >= 15 is 0 Å². The van der Waals surface area contributed by atoms with E-state index in [0.29, 0.717) is 9.26 Å². The third-order valence-electron chi connectivity index (χ3n) is 1.96. The number of aliphatic hydroxyl groups excluding tert-OH is 2. The van der Waals surface area contributed by atoms with E-state index in [2.05, 4.69) is 15.3 Å². The average molecular weight is 341 g/mol. The quantitative estimate of drug-likeness (QED) is 0.402. The van der Waals surface area contributed by atoms with Crippen molar-refractivity contribution in [3.8, 4) is 0 Å². The highest BCUT2D eigenvalue weighted by Gasteiger charge is 2.09. The molecule has 0 bridgehead atoms. The van der Waals surface area contributed by atoms with Crippen LogP contribution in [0.1, 0.15) is 5.69 Å². The summed E-state index contributed by atoms with van der Waals surface area (Å²) in [5.41, 5.74) is -0.598. The zero-order valence-corrected chi connectivity index (χ0v) is 10.4. The standard InChI is InChI=1S/C8H12IN3O4/c9-6-5(1-10-4(2-13)3-14)11-8(16)12-7(6)15/h4,10,13-14H,1-3H2,(H2,11,12,15,16). The SMILES string of the molecule is O=c1[nH]c(CNC(CO)CO)c(I)c(=O)[nH]1. The Labute approximate surface area is 104 Å². The van der Waals surface area contributed by atoms with Crippen molar-refractivity contribution in [1.82, 2.24) is 15.3 Å². The summed E-state index contributed by atoms with van der Waals surface area (Å²) in [5.74, 6) is 0. The van der Waals surface area contributed by atoms with Gasteiger partial charge in [0.15, 0.2) is 0 Å². The molecule has 0 radical (unpaired) electrons. The maximum absolute atomic E-state index is 11.2. The Kier molecular flexibility index (Phi) is 5.12. The monoisotopic (exact) mass is 341 g/mol. The summed E-state index contributed by atoms with van der Waals surface area (Å²) in [5, 5.41) is 20.4. The van der Waals surface area contributed by atoms with Crippen molar-refractivity contribution < 1.29 is 10.2 Å². The fourth-order valence-electron chi connectivity index (χ4n) is 1.07. The molecule has 5 N–H and O–H groups in total. The molecule has 0 aliphatic carbocycles. The summed E-state index contributed by atoms with van der Waals surface area (Å²) in [6.07, 6.45) is 0. The van der Waals surface area contributed by atoms with Crippen molar-refractivity contribution in [2.75, 3.05) is 13.2 Å². The first-order chi connectivity index (χ1) is 7.58. The maximum Gasteiger partial charge on any atom is 0.325 e. The van der Waals surface area contributed by atoms with E-state index in [1.807, 2.05) is 22.6 Å². The number of hydrogen-bond donors (Lipinski definition) is 5. The van der Waals surface area contributed by atoms with Crippen LogP contribution >= 0.6 is 22.6 Å². The molecule has 1 heterocycles. The summed E-state index contributed by atoms with van der Waals surface area (Å²) in [4.78, 5) is 26.8. The van der Waals surface area contributed by atoms with E-state index in [0.717, 1.165) is 0 Å². The Morgan fingerprint density at radius 2 is 1.88 bits per heavy atom. The minimum absolute atomic E-state index is 0.198. The molecule has 0 fully saturated rings. The second-order valence-electron chi connectivity index (χ2n) is 3.14. The molecule has 0 atom stereocenters. The zero-order chi connectivity index (χ0) is 12.1. The Balaban J connectivity index is 2.81. The normalized spacial score (nSPS) is 11.0. The van der Waals surface area contributed by atoms with Gasteiger partial charge < -0.3 is 20.5 Å². The van der Waals surface area contributed by atoms with Crippen molar-refractivity contribution in [3.63, 3.8) is 0 Å². The van der Waals surface area contributed by atoms with Crippen LogP contribution < -0.4 is 16.6 Å². The van der Waals surface area contributed by atoms with Crippen LogP contribution in [0.3, 0.4) is 0 Å². The molecule has 7 nitrogen and oxygen atoms in total. The third-order valence-corrected chi connectivity index (χ3v) is 3.11. The fourth-order valence-corrected chi connectivity index (χ4v) is 1.53. The van der Waals surface area contributed by atoms with E-state index in [1.54, 1.807) is 0 Å². The first kappa shape index (κ1) is 13.4. The first-order valence-corrected chi connectivity index (χ1v) is 5.62. The topological polar surface area (TPSA) is 118 Å². The summed E-state index contributed by atoms with van der Waals surface area (Å²) >= 11 is 1.81. The second kappa shape index (κ2) is 6.13. The number of H-pyrrole nitrogens is 2. The van der Waals surface area contributed by atoms with E-state index in [9.17, 15) is 9.59 Å². The minimum atomic E-state index is -0.577. The maximum atomic E-state index is 11.2. The van der Waals surface area contributed by atoms with Gasteiger partial charge in [0.1, 0.15) is 0 Å². The van der Waals surface area contributed by atoms with Gasteiger partial charge in [-0.1, -0.05) is 0 Å². The minimum Gasteiger partial charge on any atom is -0.395 e. The smallest absolute Gasteiger partial charge is 0.325 e. The molecule has 0 unspecified atom stereocenters. The lowest BCUT2D eigenvalue weighted by molar-refractivity contribution is 0.170. The van der Waals surface area contributed by atoms with Gasteiger partial charge in [-0.2, -0.15) is 0 Å². The van der Waals surface area contributed by atoms with E-state index in [1.165, 1.54) is 0 Å². The van der Waals surface area contributed by atoms with Gasteiger partial charge in [-0.3, -0.25) is 9.78 Å². The molecule has 0 aliphatic rings. The van der Waals surface area contributed by atoms with Crippen molar-refractivity contribution in [3.05, 3.63) is 30.1 Å². The lowest BCUT2D eigenvalue weighted by atomic mass is 10.3. The molecule has 0 saturated carbocycles. The van der Waals surface area contributed by atoms with Crippen LogP contribution in [0.25, 0.3) is 0 Å². The van der Waals surface area contributed by atoms with Crippen LogP contribution in [0.5, 0.6) is 0 Å². The van der Waals surface area contributed by atoms with E-state index in [-0.39, 0.29) is 19.8 Å². The van der Waals surface area contributed by atoms with Crippen LogP contribution in [-0.4, -0.2) is 39.4 Å². The largest absolute Gasteiger partial charge is 0.395 e. The molecule has 1 rings (SSSR count). The highest BCUT2D eigenvalue weighted by molar-refractivity contribution is 14.1. The number of hydrogen-bond acceptors (Lipinski definition) is 5. The molecule has 90 valence electrons. The summed E-state index contributed by atoms with van der Waals surface area (Å²) < 4.78 is 0.374. The van der Waals surface area contributed by atoms with Crippen molar-refractivity contribution in [2.45, 2.75) is 12.6 Å². The third kappa shape index (κ3) is 3.40. The molecule has 1 aromatic heterocycles. The van der Waals surface area contributed by atoms with Gasteiger partial charge in [0.2, 0.25) is 0 Å². The average Bonchev–Trinajstić information content (AvgIpc) is 2.26. The van der Waals surface area contributed by atoms with Gasteiger partial charge in [-0.25, -0.2) is 4.79 Å². The lowest BCUT2D eigenvalue weighted by Crippen LogP contribution is -2.37. The zero-order valence-electron chi connectivity index (χ0n) is 8.29. The van der Waals surface area contributed by atoms with E-state index in [4.69, 9.17) is 10.2 Å². The second-order valence-corrected chi connectivity index (χ2v) is 4.22. The number of aliphatic hydroxyl groups is 2. The Hall–Kier alpha value is -0.710. The number of nitrogens with one attached hydrogen (secondary N) is 3. The van der Waals surface area contributed by atoms with Gasteiger partial charge in [-0.05, 0) is 22.6 Å². The van der Waals surface area contributed by atoms with Crippen LogP contribution in [-0.2, 0) is 6.54 Å². The van der Waals surface area contributed by atoms with Gasteiger partial charge in [-0.15, -0.1) is 0 Å². The molecule has 8 heteroatoms. The Morgan fingerprint density at radius 3 is 2.44 bits per heavy atom. The van der Waals surface area contributed by atoms with Crippen LogP contribution in [0.4, 0.5) is 0 Å². The molecule has 0 spiro atoms.